The molecule has 1 fully saturated rings. The number of hydrogen-bond donors (Lipinski definition) is 1. The Bertz CT molecular complexity index is 981. The molecule has 1 N–H and O–H groups in total. The smallest absolute Gasteiger partial charge is 0.270 e. The average Bonchev–Trinajstić information content (AvgIpc) is 2.79. The predicted octanol–water partition coefficient (Wildman–Crippen LogP) is 4.24. The summed E-state index contributed by atoms with van der Waals surface area (Å²) in [7, 11) is 0. The fourth-order valence-corrected chi connectivity index (χ4v) is 3.67. The van der Waals surface area contributed by atoms with Crippen LogP contribution in [0.1, 0.15) is 27.7 Å². The van der Waals surface area contributed by atoms with E-state index in [-0.39, 0.29) is 12.0 Å². The highest BCUT2D eigenvalue weighted by Crippen LogP contribution is 2.30. The van der Waals surface area contributed by atoms with Crippen LogP contribution in [0.15, 0.2) is 72.9 Å². The number of aromatic nitrogens is 1. The lowest BCUT2D eigenvalue weighted by atomic mass is 10.1. The molecule has 0 aliphatic carbocycles. The van der Waals surface area contributed by atoms with E-state index in [2.05, 4.69) is 15.2 Å². The average molecular weight is 408 g/mol. The molecule has 1 amide bonds. The second-order valence-corrected chi connectivity index (χ2v) is 7.30. The van der Waals surface area contributed by atoms with Crippen molar-refractivity contribution in [2.24, 2.45) is 0 Å². The molecule has 2 aromatic carbocycles. The molecule has 1 aromatic heterocycles. The number of nitrogens with zero attached hydrogens (tertiary/aromatic N) is 2. The molecule has 0 saturated carbocycles. The van der Waals surface area contributed by atoms with Gasteiger partial charge in [-0.1, -0.05) is 60.1 Å². The van der Waals surface area contributed by atoms with Gasteiger partial charge in [0.25, 0.3) is 5.91 Å². The van der Waals surface area contributed by atoms with E-state index in [0.29, 0.717) is 30.4 Å². The number of benzene rings is 2. The van der Waals surface area contributed by atoms with Gasteiger partial charge in [-0.25, -0.2) is 0 Å². The van der Waals surface area contributed by atoms with Crippen LogP contribution in [0.4, 0.5) is 5.69 Å². The van der Waals surface area contributed by atoms with Crippen LogP contribution in [0.5, 0.6) is 0 Å². The maximum absolute atomic E-state index is 12.5. The lowest BCUT2D eigenvalue weighted by Crippen LogP contribution is -2.38. The number of rotatable bonds is 5. The third-order valence-electron chi connectivity index (χ3n) is 4.96. The maximum Gasteiger partial charge on any atom is 0.270 e. The van der Waals surface area contributed by atoms with Crippen molar-refractivity contribution in [1.82, 2.24) is 10.3 Å². The van der Waals surface area contributed by atoms with E-state index in [0.717, 1.165) is 23.4 Å². The van der Waals surface area contributed by atoms with Crippen LogP contribution in [0.2, 0.25) is 5.02 Å². The third kappa shape index (κ3) is 4.75. The van der Waals surface area contributed by atoms with Gasteiger partial charge in [-0.3, -0.25) is 9.78 Å². The molecular weight excluding hydrogens is 386 g/mol. The van der Waals surface area contributed by atoms with E-state index < -0.39 is 0 Å². The van der Waals surface area contributed by atoms with E-state index in [4.69, 9.17) is 16.3 Å². The minimum atomic E-state index is -0.188. The molecule has 0 spiro atoms. The highest BCUT2D eigenvalue weighted by atomic mass is 35.5. The zero-order valence-electron chi connectivity index (χ0n) is 15.9. The molecule has 29 heavy (non-hydrogen) atoms. The molecule has 2 heterocycles. The molecule has 148 valence electrons. The summed E-state index contributed by atoms with van der Waals surface area (Å²) in [5, 5.41) is 3.63. The summed E-state index contributed by atoms with van der Waals surface area (Å²) in [5.74, 6) is -0.188. The molecule has 0 bridgehead atoms. The van der Waals surface area contributed by atoms with Crippen LogP contribution in [0.3, 0.4) is 0 Å². The maximum atomic E-state index is 12.5. The number of halogens is 1. The Hall–Kier alpha value is -2.89. The Morgan fingerprint density at radius 2 is 1.93 bits per heavy atom. The van der Waals surface area contributed by atoms with Gasteiger partial charge < -0.3 is 15.0 Å². The number of ether oxygens (including phenoxy) is 1. The summed E-state index contributed by atoms with van der Waals surface area (Å²) in [6.07, 6.45) is 1.56. The van der Waals surface area contributed by atoms with Crippen molar-refractivity contribution in [2.75, 3.05) is 24.6 Å². The third-order valence-corrected chi connectivity index (χ3v) is 5.30. The van der Waals surface area contributed by atoms with Gasteiger partial charge in [0.1, 0.15) is 11.8 Å². The molecular formula is C23H22ClN3O2. The fraction of sp³-hybridized carbons (Fsp3) is 0.217. The summed E-state index contributed by atoms with van der Waals surface area (Å²) in [6, 6.07) is 21.3. The van der Waals surface area contributed by atoms with Crippen molar-refractivity contribution in [3.8, 4) is 0 Å². The standard InChI is InChI=1S/C23H22ClN3O2/c24-20-9-5-4-8-19(20)22-16-27(12-13-29-22)18-10-11-25-21(14-18)23(28)26-15-17-6-2-1-3-7-17/h1-11,14,22H,12-13,15-16H2,(H,26,28). The molecule has 4 rings (SSSR count). The molecule has 1 aliphatic heterocycles. The monoisotopic (exact) mass is 407 g/mol. The van der Waals surface area contributed by atoms with Gasteiger partial charge in [0, 0.05) is 42.1 Å². The van der Waals surface area contributed by atoms with Gasteiger partial charge in [-0.05, 0) is 23.8 Å². The first kappa shape index (κ1) is 19.4. The van der Waals surface area contributed by atoms with Crippen molar-refractivity contribution in [3.63, 3.8) is 0 Å². The van der Waals surface area contributed by atoms with E-state index in [1.807, 2.05) is 66.7 Å². The highest BCUT2D eigenvalue weighted by Gasteiger charge is 2.24. The van der Waals surface area contributed by atoms with Gasteiger partial charge in [-0.2, -0.15) is 0 Å². The van der Waals surface area contributed by atoms with Crippen LogP contribution >= 0.6 is 11.6 Å². The van der Waals surface area contributed by atoms with E-state index in [1.165, 1.54) is 0 Å². The number of carbonyl (C=O) groups excluding carboxylic acids is 1. The van der Waals surface area contributed by atoms with E-state index >= 15 is 0 Å². The van der Waals surface area contributed by atoms with Gasteiger partial charge in [0.05, 0.1) is 6.61 Å². The lowest BCUT2D eigenvalue weighted by Gasteiger charge is -2.35. The minimum absolute atomic E-state index is 0.110. The number of hydrogen-bond acceptors (Lipinski definition) is 4. The van der Waals surface area contributed by atoms with Crippen molar-refractivity contribution in [3.05, 3.63) is 94.8 Å². The minimum Gasteiger partial charge on any atom is -0.370 e. The first-order chi connectivity index (χ1) is 14.2. The summed E-state index contributed by atoms with van der Waals surface area (Å²) in [4.78, 5) is 19.0. The first-order valence-corrected chi connectivity index (χ1v) is 9.97. The number of carbonyl (C=O) groups is 1. The highest BCUT2D eigenvalue weighted by molar-refractivity contribution is 6.31. The second-order valence-electron chi connectivity index (χ2n) is 6.89. The number of amides is 1. The topological polar surface area (TPSA) is 54.5 Å². The fourth-order valence-electron chi connectivity index (χ4n) is 3.42. The molecule has 0 radical (unpaired) electrons. The lowest BCUT2D eigenvalue weighted by molar-refractivity contribution is 0.0398. The summed E-state index contributed by atoms with van der Waals surface area (Å²) in [6.45, 7) is 2.47. The van der Waals surface area contributed by atoms with Gasteiger partial charge in [0.2, 0.25) is 0 Å². The first-order valence-electron chi connectivity index (χ1n) is 9.60. The predicted molar refractivity (Wildman–Crippen MR) is 114 cm³/mol. The summed E-state index contributed by atoms with van der Waals surface area (Å²) < 4.78 is 5.94. The van der Waals surface area contributed by atoms with Crippen molar-refractivity contribution >= 4 is 23.2 Å². The number of morpholine rings is 1. The molecule has 6 heteroatoms. The van der Waals surface area contributed by atoms with E-state index in [1.54, 1.807) is 6.20 Å². The van der Waals surface area contributed by atoms with Crippen LogP contribution in [-0.4, -0.2) is 30.6 Å². The largest absolute Gasteiger partial charge is 0.370 e. The van der Waals surface area contributed by atoms with Crippen LogP contribution in [0.25, 0.3) is 0 Å². The zero-order valence-corrected chi connectivity index (χ0v) is 16.7. The van der Waals surface area contributed by atoms with Crippen molar-refractivity contribution in [1.29, 1.82) is 0 Å². The van der Waals surface area contributed by atoms with E-state index in [9.17, 15) is 4.79 Å². The Morgan fingerprint density at radius 1 is 1.14 bits per heavy atom. The molecule has 1 atom stereocenters. The second kappa shape index (κ2) is 9.07. The number of anilines is 1. The molecule has 1 aliphatic rings. The van der Waals surface area contributed by atoms with Crippen LogP contribution < -0.4 is 10.2 Å². The van der Waals surface area contributed by atoms with Crippen LogP contribution in [-0.2, 0) is 11.3 Å². The van der Waals surface area contributed by atoms with Crippen molar-refractivity contribution < 1.29 is 9.53 Å². The molecule has 1 saturated heterocycles. The molecule has 5 nitrogen and oxygen atoms in total. The zero-order chi connectivity index (χ0) is 20.1. The van der Waals surface area contributed by atoms with Crippen LogP contribution in [0, 0.1) is 0 Å². The Morgan fingerprint density at radius 3 is 2.76 bits per heavy atom. The van der Waals surface area contributed by atoms with Gasteiger partial charge >= 0.3 is 0 Å². The number of pyridine rings is 1. The molecule has 3 aromatic rings. The Kier molecular flexibility index (Phi) is 6.08. The Labute approximate surface area is 175 Å². The van der Waals surface area contributed by atoms with Gasteiger partial charge in [0.15, 0.2) is 0 Å². The van der Waals surface area contributed by atoms with Crippen molar-refractivity contribution in [2.45, 2.75) is 12.6 Å². The molecule has 1 unspecified atom stereocenters. The quantitative estimate of drug-likeness (QED) is 0.687. The van der Waals surface area contributed by atoms with Gasteiger partial charge in [-0.15, -0.1) is 0 Å². The normalized spacial score (nSPS) is 16.4. The summed E-state index contributed by atoms with van der Waals surface area (Å²) >= 11 is 6.34. The summed E-state index contributed by atoms with van der Waals surface area (Å²) in [5.41, 5.74) is 3.38. The number of nitrogens with one attached hydrogen (secondary N) is 1. The Balaban J connectivity index is 1.45. The SMILES string of the molecule is O=C(NCc1ccccc1)c1cc(N2CCOC(c3ccccc3Cl)C2)ccn1.